The van der Waals surface area contributed by atoms with E-state index in [9.17, 15) is 4.79 Å². The van der Waals surface area contributed by atoms with Crippen LogP contribution in [-0.2, 0) is 4.79 Å². The number of para-hydroxylation sites is 2. The van der Waals surface area contributed by atoms with Gasteiger partial charge in [0.15, 0.2) is 11.5 Å². The molecule has 0 radical (unpaired) electrons. The Bertz CT molecular complexity index is 838. The Morgan fingerprint density at radius 2 is 1.83 bits per heavy atom. The van der Waals surface area contributed by atoms with Gasteiger partial charge >= 0.3 is 0 Å². The van der Waals surface area contributed by atoms with Crippen LogP contribution >= 0.6 is 0 Å². The van der Waals surface area contributed by atoms with Crippen LogP contribution in [0.1, 0.15) is 37.3 Å². The molecule has 0 N–H and O–H groups in total. The Labute approximate surface area is 171 Å². The van der Waals surface area contributed by atoms with E-state index in [2.05, 4.69) is 14.9 Å². The van der Waals surface area contributed by atoms with Crippen LogP contribution in [0.3, 0.4) is 0 Å². The second-order valence-electron chi connectivity index (χ2n) is 7.66. The molecule has 2 aromatic rings. The summed E-state index contributed by atoms with van der Waals surface area (Å²) < 4.78 is 11.5. The van der Waals surface area contributed by atoms with Gasteiger partial charge in [0, 0.05) is 37.9 Å². The molecule has 0 unspecified atom stereocenters. The van der Waals surface area contributed by atoms with Crippen molar-refractivity contribution in [1.82, 2.24) is 19.8 Å². The number of hydrogen-bond donors (Lipinski definition) is 0. The van der Waals surface area contributed by atoms with Crippen LogP contribution < -0.4 is 9.47 Å². The number of carbonyl (C=O) groups is 1. The molecule has 2 aliphatic heterocycles. The highest BCUT2D eigenvalue weighted by atomic mass is 16.5. The third-order valence-corrected chi connectivity index (χ3v) is 5.68. The van der Waals surface area contributed by atoms with Crippen molar-refractivity contribution < 1.29 is 14.3 Å². The van der Waals surface area contributed by atoms with Gasteiger partial charge in [0.05, 0.1) is 13.7 Å². The molecule has 3 heterocycles. The van der Waals surface area contributed by atoms with Gasteiger partial charge in [0.1, 0.15) is 5.69 Å². The first-order valence-corrected chi connectivity index (χ1v) is 10.4. The van der Waals surface area contributed by atoms with E-state index >= 15 is 0 Å². The molecule has 2 fully saturated rings. The fourth-order valence-electron chi connectivity index (χ4n) is 4.18. The number of aromatic nitrogens is 2. The molecule has 2 aliphatic rings. The number of carbonyl (C=O) groups excluding carboxylic acids is 1. The van der Waals surface area contributed by atoms with Crippen LogP contribution in [0.4, 0.5) is 0 Å². The Balaban J connectivity index is 1.47. The molecule has 29 heavy (non-hydrogen) atoms. The lowest BCUT2D eigenvalue weighted by Gasteiger charge is -2.33. The average Bonchev–Trinajstić information content (AvgIpc) is 3.30. The third-order valence-electron chi connectivity index (χ3n) is 5.68. The van der Waals surface area contributed by atoms with Crippen molar-refractivity contribution in [3.63, 3.8) is 0 Å². The summed E-state index contributed by atoms with van der Waals surface area (Å²) in [5.41, 5.74) is 0.844. The zero-order chi connectivity index (χ0) is 20.1. The average molecular weight is 396 g/mol. The molecule has 1 amide bonds. The Morgan fingerprint density at radius 1 is 1.07 bits per heavy atom. The number of methoxy groups -OCH3 is 1. The molecular formula is C22H28N4O3. The van der Waals surface area contributed by atoms with Crippen LogP contribution in [0.2, 0.25) is 0 Å². The van der Waals surface area contributed by atoms with Crippen LogP contribution in [0.5, 0.6) is 17.4 Å². The van der Waals surface area contributed by atoms with Gasteiger partial charge in [-0.15, -0.1) is 0 Å². The Kier molecular flexibility index (Phi) is 6.24. The lowest BCUT2D eigenvalue weighted by atomic mass is 9.94. The van der Waals surface area contributed by atoms with Crippen molar-refractivity contribution in [2.75, 3.05) is 39.8 Å². The van der Waals surface area contributed by atoms with Crippen molar-refractivity contribution in [2.45, 2.75) is 31.6 Å². The Morgan fingerprint density at radius 3 is 2.62 bits per heavy atom. The van der Waals surface area contributed by atoms with Gasteiger partial charge in [-0.3, -0.25) is 14.7 Å². The molecule has 1 aromatic heterocycles. The summed E-state index contributed by atoms with van der Waals surface area (Å²) in [5.74, 6) is 2.22. The maximum atomic E-state index is 12.6. The predicted molar refractivity (Wildman–Crippen MR) is 109 cm³/mol. The monoisotopic (exact) mass is 396 g/mol. The lowest BCUT2D eigenvalue weighted by molar-refractivity contribution is -0.131. The fraction of sp³-hybridized carbons (Fsp3) is 0.500. The zero-order valence-electron chi connectivity index (χ0n) is 16.9. The van der Waals surface area contributed by atoms with Crippen LogP contribution in [0, 0.1) is 0 Å². The summed E-state index contributed by atoms with van der Waals surface area (Å²) in [4.78, 5) is 25.8. The third kappa shape index (κ3) is 4.67. The number of rotatable bonds is 6. The second-order valence-corrected chi connectivity index (χ2v) is 7.66. The fourth-order valence-corrected chi connectivity index (χ4v) is 4.18. The maximum Gasteiger partial charge on any atom is 0.241 e. The van der Waals surface area contributed by atoms with E-state index in [1.54, 1.807) is 19.5 Å². The first kappa shape index (κ1) is 19.6. The first-order chi connectivity index (χ1) is 14.2. The van der Waals surface area contributed by atoms with E-state index in [0.29, 0.717) is 23.9 Å². The first-order valence-electron chi connectivity index (χ1n) is 10.4. The predicted octanol–water partition coefficient (Wildman–Crippen LogP) is 3.08. The van der Waals surface area contributed by atoms with E-state index in [-0.39, 0.29) is 11.8 Å². The molecule has 4 rings (SSSR count). The smallest absolute Gasteiger partial charge is 0.241 e. The van der Waals surface area contributed by atoms with E-state index < -0.39 is 0 Å². The minimum Gasteiger partial charge on any atom is -0.493 e. The summed E-state index contributed by atoms with van der Waals surface area (Å²) in [6.45, 7) is 4.02. The van der Waals surface area contributed by atoms with Gasteiger partial charge in [-0.25, -0.2) is 4.98 Å². The number of hydrogen-bond acceptors (Lipinski definition) is 6. The molecule has 0 spiro atoms. The van der Waals surface area contributed by atoms with Gasteiger partial charge in [0.25, 0.3) is 0 Å². The molecule has 0 aliphatic carbocycles. The topological polar surface area (TPSA) is 67.8 Å². The SMILES string of the molecule is COc1ccccc1Oc1nccnc1[C@@H]1CCCN(CC(=O)N2CCCC2)C1. The number of likely N-dealkylation sites (tertiary alicyclic amines) is 2. The highest BCUT2D eigenvalue weighted by molar-refractivity contribution is 5.78. The quantitative estimate of drug-likeness (QED) is 0.748. The summed E-state index contributed by atoms with van der Waals surface area (Å²) in [5, 5.41) is 0. The number of nitrogens with zero attached hydrogens (tertiary/aromatic N) is 4. The van der Waals surface area contributed by atoms with Gasteiger partial charge in [-0.2, -0.15) is 0 Å². The molecule has 7 nitrogen and oxygen atoms in total. The number of ether oxygens (including phenoxy) is 2. The summed E-state index contributed by atoms with van der Waals surface area (Å²) >= 11 is 0. The van der Waals surface area contributed by atoms with Crippen molar-refractivity contribution in [2.24, 2.45) is 0 Å². The van der Waals surface area contributed by atoms with Crippen LogP contribution in [0.25, 0.3) is 0 Å². The van der Waals surface area contributed by atoms with Gasteiger partial charge in [-0.1, -0.05) is 12.1 Å². The molecule has 2 saturated heterocycles. The second kappa shape index (κ2) is 9.22. The van der Waals surface area contributed by atoms with E-state index in [4.69, 9.17) is 9.47 Å². The molecule has 1 atom stereocenters. The van der Waals surface area contributed by atoms with Crippen molar-refractivity contribution in [3.05, 3.63) is 42.4 Å². The highest BCUT2D eigenvalue weighted by Crippen LogP contribution is 2.35. The van der Waals surface area contributed by atoms with E-state index in [0.717, 1.165) is 57.6 Å². The number of benzene rings is 1. The minimum absolute atomic E-state index is 0.188. The molecule has 154 valence electrons. The largest absolute Gasteiger partial charge is 0.493 e. The lowest BCUT2D eigenvalue weighted by Crippen LogP contribution is -2.43. The van der Waals surface area contributed by atoms with Gasteiger partial charge in [0.2, 0.25) is 11.8 Å². The van der Waals surface area contributed by atoms with Gasteiger partial charge in [-0.05, 0) is 44.4 Å². The van der Waals surface area contributed by atoms with Crippen LogP contribution in [0.15, 0.2) is 36.7 Å². The van der Waals surface area contributed by atoms with E-state index in [1.165, 1.54) is 0 Å². The van der Waals surface area contributed by atoms with Gasteiger partial charge < -0.3 is 14.4 Å². The molecular weight excluding hydrogens is 368 g/mol. The standard InChI is InChI=1S/C22H28N4O3/c1-28-18-8-2-3-9-19(18)29-22-21(23-10-11-24-22)17-7-6-12-25(15-17)16-20(27)26-13-4-5-14-26/h2-3,8-11,17H,4-7,12-16H2,1H3/t17-/m1/s1. The summed E-state index contributed by atoms with van der Waals surface area (Å²) in [7, 11) is 1.62. The zero-order valence-corrected chi connectivity index (χ0v) is 16.9. The van der Waals surface area contributed by atoms with Crippen LogP contribution in [-0.4, -0.2) is 65.5 Å². The molecule has 1 aromatic carbocycles. The Hall–Kier alpha value is -2.67. The van der Waals surface area contributed by atoms with Crippen molar-refractivity contribution >= 4 is 5.91 Å². The normalized spacial score (nSPS) is 19.9. The summed E-state index contributed by atoms with van der Waals surface area (Å²) in [6.07, 6.45) is 7.64. The van der Waals surface area contributed by atoms with Crippen molar-refractivity contribution in [1.29, 1.82) is 0 Å². The minimum atomic E-state index is 0.188. The maximum absolute atomic E-state index is 12.6. The molecule has 0 saturated carbocycles. The molecule has 0 bridgehead atoms. The molecule has 7 heteroatoms. The summed E-state index contributed by atoms with van der Waals surface area (Å²) in [6, 6.07) is 7.52. The number of amides is 1. The van der Waals surface area contributed by atoms with E-state index in [1.807, 2.05) is 29.2 Å². The number of piperidine rings is 1. The van der Waals surface area contributed by atoms with Crippen molar-refractivity contribution in [3.8, 4) is 17.4 Å². The highest BCUT2D eigenvalue weighted by Gasteiger charge is 2.28.